The highest BCUT2D eigenvalue weighted by Crippen LogP contribution is 2.19. The Bertz CT molecular complexity index is 699. The molecule has 3 heteroatoms. The molecule has 0 atom stereocenters. The molecule has 20 heavy (non-hydrogen) atoms. The van der Waals surface area contributed by atoms with Crippen LogP contribution in [0.1, 0.15) is 16.7 Å². The minimum Gasteiger partial charge on any atom is -0.198 e. The number of benzene rings is 2. The van der Waals surface area contributed by atoms with Crippen molar-refractivity contribution in [3.8, 4) is 12.1 Å². The maximum absolute atomic E-state index is 9.29. The van der Waals surface area contributed by atoms with Crippen LogP contribution in [0.2, 0.25) is 0 Å². The zero-order valence-corrected chi connectivity index (χ0v) is 12.3. The van der Waals surface area contributed by atoms with E-state index in [4.69, 9.17) is 5.26 Å². The molecule has 0 aliphatic rings. The van der Waals surface area contributed by atoms with E-state index in [0.29, 0.717) is 12.0 Å². The van der Waals surface area contributed by atoms with Gasteiger partial charge < -0.3 is 0 Å². The summed E-state index contributed by atoms with van der Waals surface area (Å²) in [5.41, 5.74) is 3.40. The Hall–Kier alpha value is -2.36. The lowest BCUT2D eigenvalue weighted by atomic mass is 10.0. The average molecular weight is 323 g/mol. The van der Waals surface area contributed by atoms with Crippen molar-refractivity contribution in [1.82, 2.24) is 0 Å². The second kappa shape index (κ2) is 6.70. The molecule has 96 valence electrons. The molecule has 0 saturated heterocycles. The Kier molecular flexibility index (Phi) is 4.71. The van der Waals surface area contributed by atoms with Crippen molar-refractivity contribution in [2.75, 3.05) is 0 Å². The van der Waals surface area contributed by atoms with E-state index in [-0.39, 0.29) is 0 Å². The van der Waals surface area contributed by atoms with Crippen molar-refractivity contribution in [2.24, 2.45) is 0 Å². The van der Waals surface area contributed by atoms with E-state index in [0.717, 1.165) is 21.2 Å². The van der Waals surface area contributed by atoms with Crippen LogP contribution in [0.4, 0.5) is 0 Å². The fourth-order valence-corrected chi connectivity index (χ4v) is 2.06. The molecule has 2 aromatic rings. The van der Waals surface area contributed by atoms with Crippen LogP contribution in [0, 0.1) is 22.7 Å². The van der Waals surface area contributed by atoms with Crippen LogP contribution in [0.15, 0.2) is 53.0 Å². The van der Waals surface area contributed by atoms with Crippen LogP contribution in [-0.2, 0) is 6.42 Å². The van der Waals surface area contributed by atoms with Gasteiger partial charge in [0, 0.05) is 4.47 Å². The zero-order chi connectivity index (χ0) is 14.4. The second-order valence-electron chi connectivity index (χ2n) is 4.25. The lowest BCUT2D eigenvalue weighted by molar-refractivity contribution is 1.26. The molecular formula is C17H11BrN2. The molecule has 2 nitrogen and oxygen atoms in total. The molecule has 0 radical (unpaired) electrons. The van der Waals surface area contributed by atoms with Crippen LogP contribution >= 0.6 is 15.9 Å². The van der Waals surface area contributed by atoms with E-state index in [1.54, 1.807) is 0 Å². The smallest absolute Gasteiger partial charge is 0.0998 e. The molecular weight excluding hydrogens is 312 g/mol. The molecule has 0 saturated carbocycles. The first-order chi connectivity index (χ1) is 9.72. The summed E-state index contributed by atoms with van der Waals surface area (Å²) in [7, 11) is 0. The van der Waals surface area contributed by atoms with Gasteiger partial charge in [-0.15, -0.1) is 0 Å². The van der Waals surface area contributed by atoms with Gasteiger partial charge in [0.15, 0.2) is 0 Å². The predicted octanol–water partition coefficient (Wildman–Crippen LogP) is 4.58. The summed E-state index contributed by atoms with van der Waals surface area (Å²) in [4.78, 5) is 0. The highest BCUT2D eigenvalue weighted by Gasteiger charge is 2.01. The summed E-state index contributed by atoms with van der Waals surface area (Å²) in [5.74, 6) is 0. The molecule has 0 aliphatic carbocycles. The summed E-state index contributed by atoms with van der Waals surface area (Å²) in [5, 5.41) is 17.9. The van der Waals surface area contributed by atoms with E-state index in [2.05, 4.69) is 28.1 Å². The molecule has 0 bridgehead atoms. The van der Waals surface area contributed by atoms with Crippen LogP contribution < -0.4 is 0 Å². The van der Waals surface area contributed by atoms with Crippen molar-refractivity contribution < 1.29 is 0 Å². The van der Waals surface area contributed by atoms with E-state index in [1.807, 2.05) is 54.6 Å². The number of nitriles is 2. The lowest BCUT2D eigenvalue weighted by Gasteiger charge is -2.01. The first kappa shape index (κ1) is 14.1. The van der Waals surface area contributed by atoms with Gasteiger partial charge in [0.2, 0.25) is 0 Å². The Morgan fingerprint density at radius 2 is 1.65 bits per heavy atom. The largest absolute Gasteiger partial charge is 0.198 e. The predicted molar refractivity (Wildman–Crippen MR) is 83.4 cm³/mol. The highest BCUT2D eigenvalue weighted by atomic mass is 79.9. The SMILES string of the molecule is N#CCc1ccc(C(C#N)=Cc2ccc(Br)cc2)cc1. The molecule has 0 spiro atoms. The Morgan fingerprint density at radius 3 is 2.20 bits per heavy atom. The molecule has 0 aromatic heterocycles. The quantitative estimate of drug-likeness (QED) is 0.613. The van der Waals surface area contributed by atoms with Gasteiger partial charge in [-0.3, -0.25) is 0 Å². The number of hydrogen-bond acceptors (Lipinski definition) is 2. The number of allylic oxidation sites excluding steroid dienone is 1. The summed E-state index contributed by atoms with van der Waals surface area (Å²) in [6.45, 7) is 0. The van der Waals surface area contributed by atoms with Gasteiger partial charge in [-0.2, -0.15) is 10.5 Å². The minimum absolute atomic E-state index is 0.387. The van der Waals surface area contributed by atoms with Crippen LogP contribution in [0.3, 0.4) is 0 Å². The fraction of sp³-hybridized carbons (Fsp3) is 0.0588. The van der Waals surface area contributed by atoms with Gasteiger partial charge in [0.05, 0.1) is 24.1 Å². The lowest BCUT2D eigenvalue weighted by Crippen LogP contribution is -1.85. The van der Waals surface area contributed by atoms with Gasteiger partial charge in [0.25, 0.3) is 0 Å². The third-order valence-corrected chi connectivity index (χ3v) is 3.38. The van der Waals surface area contributed by atoms with Crippen LogP contribution in [-0.4, -0.2) is 0 Å². The maximum Gasteiger partial charge on any atom is 0.0998 e. The van der Waals surface area contributed by atoms with E-state index in [1.165, 1.54) is 0 Å². The zero-order valence-electron chi connectivity index (χ0n) is 10.7. The molecule has 0 unspecified atom stereocenters. The van der Waals surface area contributed by atoms with Crippen molar-refractivity contribution in [3.05, 3.63) is 69.7 Å². The minimum atomic E-state index is 0.387. The van der Waals surface area contributed by atoms with Gasteiger partial charge in [0.1, 0.15) is 0 Å². The Morgan fingerprint density at radius 1 is 1.00 bits per heavy atom. The van der Waals surface area contributed by atoms with Gasteiger partial charge in [-0.25, -0.2) is 0 Å². The summed E-state index contributed by atoms with van der Waals surface area (Å²) in [6.07, 6.45) is 2.24. The van der Waals surface area contributed by atoms with Gasteiger partial charge in [-0.05, 0) is 34.9 Å². The average Bonchev–Trinajstić information content (AvgIpc) is 2.48. The topological polar surface area (TPSA) is 47.6 Å². The Labute approximate surface area is 126 Å². The molecule has 0 heterocycles. The van der Waals surface area contributed by atoms with Crippen LogP contribution in [0.5, 0.6) is 0 Å². The van der Waals surface area contributed by atoms with E-state index < -0.39 is 0 Å². The monoisotopic (exact) mass is 322 g/mol. The first-order valence-corrected chi connectivity index (χ1v) is 6.86. The number of hydrogen-bond donors (Lipinski definition) is 0. The molecule has 2 rings (SSSR count). The molecule has 0 N–H and O–H groups in total. The molecule has 0 fully saturated rings. The maximum atomic E-state index is 9.29. The first-order valence-electron chi connectivity index (χ1n) is 6.06. The third kappa shape index (κ3) is 3.57. The normalized spacial score (nSPS) is 10.7. The fourth-order valence-electron chi connectivity index (χ4n) is 1.80. The van der Waals surface area contributed by atoms with Crippen LogP contribution in [0.25, 0.3) is 11.6 Å². The molecule has 2 aromatic carbocycles. The third-order valence-electron chi connectivity index (χ3n) is 2.85. The molecule has 0 aliphatic heterocycles. The van der Waals surface area contributed by atoms with Crippen molar-refractivity contribution in [1.29, 1.82) is 10.5 Å². The van der Waals surface area contributed by atoms with E-state index in [9.17, 15) is 5.26 Å². The number of rotatable bonds is 3. The van der Waals surface area contributed by atoms with Crippen molar-refractivity contribution >= 4 is 27.6 Å². The Balaban J connectivity index is 2.30. The van der Waals surface area contributed by atoms with Gasteiger partial charge >= 0.3 is 0 Å². The summed E-state index contributed by atoms with van der Waals surface area (Å²) >= 11 is 3.38. The van der Waals surface area contributed by atoms with Crippen molar-refractivity contribution in [3.63, 3.8) is 0 Å². The number of halogens is 1. The summed E-state index contributed by atoms with van der Waals surface area (Å²) in [6, 6.07) is 19.6. The molecule has 0 amide bonds. The highest BCUT2D eigenvalue weighted by molar-refractivity contribution is 9.10. The second-order valence-corrected chi connectivity index (χ2v) is 5.17. The van der Waals surface area contributed by atoms with Crippen molar-refractivity contribution in [2.45, 2.75) is 6.42 Å². The number of nitrogens with zero attached hydrogens (tertiary/aromatic N) is 2. The summed E-state index contributed by atoms with van der Waals surface area (Å²) < 4.78 is 1.01. The van der Waals surface area contributed by atoms with E-state index >= 15 is 0 Å². The standard InChI is InChI=1S/C17H11BrN2/c18-17-7-3-14(4-8-17)11-16(12-20)15-5-1-13(2-6-15)9-10-19/h1-8,11H,9H2. The van der Waals surface area contributed by atoms with Gasteiger partial charge in [-0.1, -0.05) is 52.3 Å².